The average Bonchev–Trinajstić information content (AvgIpc) is 2.25. The van der Waals surface area contributed by atoms with Crippen LogP contribution in [-0.2, 0) is 9.53 Å². The van der Waals surface area contributed by atoms with Crippen LogP contribution in [0.5, 0.6) is 0 Å². The number of likely N-dealkylation sites (N-methyl/N-ethyl adjacent to an activating group) is 2. The van der Waals surface area contributed by atoms with Crippen LogP contribution in [0.1, 0.15) is 20.3 Å². The lowest BCUT2D eigenvalue weighted by atomic mass is 10.2. The monoisotopic (exact) mass is 245 g/mol. The molecule has 2 atom stereocenters. The van der Waals surface area contributed by atoms with Gasteiger partial charge in [0.2, 0.25) is 5.91 Å². The number of methoxy groups -OCH3 is 1. The van der Waals surface area contributed by atoms with Crippen LogP contribution in [0.25, 0.3) is 0 Å². The summed E-state index contributed by atoms with van der Waals surface area (Å²) in [7, 11) is 5.60. The normalized spacial score (nSPS) is 14.8. The van der Waals surface area contributed by atoms with Crippen LogP contribution in [-0.4, -0.2) is 68.7 Å². The molecule has 0 saturated carbocycles. The van der Waals surface area contributed by atoms with E-state index in [1.165, 1.54) is 0 Å². The van der Waals surface area contributed by atoms with E-state index in [1.54, 1.807) is 7.11 Å². The number of carbonyl (C=O) groups excluding carboxylic acids is 1. The number of nitrogens with zero attached hydrogens (tertiary/aromatic N) is 2. The second kappa shape index (κ2) is 8.44. The highest BCUT2D eigenvalue weighted by molar-refractivity contribution is 5.77. The molecule has 0 heterocycles. The number of carbonyl (C=O) groups is 1. The third-order valence-electron chi connectivity index (χ3n) is 2.82. The molecule has 0 aliphatic rings. The van der Waals surface area contributed by atoms with Gasteiger partial charge >= 0.3 is 0 Å². The van der Waals surface area contributed by atoms with E-state index in [2.05, 4.69) is 11.8 Å². The molecule has 0 bridgehead atoms. The minimum Gasteiger partial charge on any atom is -0.380 e. The molecular weight excluding hydrogens is 218 g/mol. The molecule has 0 aliphatic carbocycles. The summed E-state index contributed by atoms with van der Waals surface area (Å²) in [5.74, 6) is 0.110. The predicted molar refractivity (Wildman–Crippen MR) is 69.9 cm³/mol. The van der Waals surface area contributed by atoms with Gasteiger partial charge in [0, 0.05) is 32.8 Å². The van der Waals surface area contributed by atoms with E-state index in [0.29, 0.717) is 13.0 Å². The Morgan fingerprint density at radius 1 is 1.41 bits per heavy atom. The lowest BCUT2D eigenvalue weighted by Gasteiger charge is -2.31. The van der Waals surface area contributed by atoms with Crippen molar-refractivity contribution in [1.82, 2.24) is 9.80 Å². The Morgan fingerprint density at radius 3 is 2.35 bits per heavy atom. The van der Waals surface area contributed by atoms with Crippen molar-refractivity contribution in [3.05, 3.63) is 0 Å². The van der Waals surface area contributed by atoms with Crippen molar-refractivity contribution >= 4 is 5.91 Å². The molecule has 17 heavy (non-hydrogen) atoms. The van der Waals surface area contributed by atoms with E-state index in [1.807, 2.05) is 25.9 Å². The third-order valence-corrected chi connectivity index (χ3v) is 2.82. The average molecular weight is 245 g/mol. The van der Waals surface area contributed by atoms with Gasteiger partial charge in [0.05, 0.1) is 12.5 Å². The summed E-state index contributed by atoms with van der Waals surface area (Å²) in [4.78, 5) is 16.1. The van der Waals surface area contributed by atoms with Crippen LogP contribution in [0.3, 0.4) is 0 Å². The second-order valence-corrected chi connectivity index (χ2v) is 4.59. The summed E-state index contributed by atoms with van der Waals surface area (Å²) < 4.78 is 5.14. The Bertz CT molecular complexity index is 218. The summed E-state index contributed by atoms with van der Waals surface area (Å²) in [6, 6.07) is 0.206. The number of rotatable bonds is 8. The molecule has 0 saturated heterocycles. The van der Waals surface area contributed by atoms with Gasteiger partial charge in [0.1, 0.15) is 0 Å². The molecular formula is C12H27N3O2. The van der Waals surface area contributed by atoms with Gasteiger partial charge in [-0.3, -0.25) is 4.79 Å². The number of hydrogen-bond acceptors (Lipinski definition) is 4. The molecule has 102 valence electrons. The number of ether oxygens (including phenoxy) is 1. The molecule has 5 nitrogen and oxygen atoms in total. The highest BCUT2D eigenvalue weighted by atomic mass is 16.5. The van der Waals surface area contributed by atoms with Gasteiger partial charge in [0.25, 0.3) is 0 Å². The quantitative estimate of drug-likeness (QED) is 0.661. The SMILES string of the molecule is CCN(C(=O)CC(CN)OC)C(C)CN(C)C. The van der Waals surface area contributed by atoms with E-state index in [-0.39, 0.29) is 18.1 Å². The topological polar surface area (TPSA) is 58.8 Å². The molecule has 0 aromatic carbocycles. The lowest BCUT2D eigenvalue weighted by molar-refractivity contribution is -0.135. The Hall–Kier alpha value is -0.650. The van der Waals surface area contributed by atoms with Gasteiger partial charge in [-0.05, 0) is 27.9 Å². The molecule has 0 radical (unpaired) electrons. The van der Waals surface area contributed by atoms with Gasteiger partial charge < -0.3 is 20.3 Å². The second-order valence-electron chi connectivity index (χ2n) is 4.59. The van der Waals surface area contributed by atoms with Crippen molar-refractivity contribution < 1.29 is 9.53 Å². The zero-order chi connectivity index (χ0) is 13.4. The van der Waals surface area contributed by atoms with E-state index >= 15 is 0 Å². The smallest absolute Gasteiger partial charge is 0.225 e. The third kappa shape index (κ3) is 6.00. The fourth-order valence-electron chi connectivity index (χ4n) is 1.94. The number of hydrogen-bond donors (Lipinski definition) is 1. The molecule has 5 heteroatoms. The van der Waals surface area contributed by atoms with Gasteiger partial charge in [-0.1, -0.05) is 0 Å². The molecule has 0 aromatic heterocycles. The zero-order valence-corrected chi connectivity index (χ0v) is 11.8. The number of amides is 1. The van der Waals surface area contributed by atoms with E-state index in [9.17, 15) is 4.79 Å². The maximum Gasteiger partial charge on any atom is 0.225 e. The van der Waals surface area contributed by atoms with Crippen molar-refractivity contribution in [1.29, 1.82) is 0 Å². The fraction of sp³-hybridized carbons (Fsp3) is 0.917. The van der Waals surface area contributed by atoms with Crippen LogP contribution in [0.2, 0.25) is 0 Å². The fourth-order valence-corrected chi connectivity index (χ4v) is 1.94. The van der Waals surface area contributed by atoms with Crippen molar-refractivity contribution in [2.24, 2.45) is 5.73 Å². The van der Waals surface area contributed by atoms with Gasteiger partial charge in [-0.2, -0.15) is 0 Å². The molecule has 0 spiro atoms. The van der Waals surface area contributed by atoms with E-state index < -0.39 is 0 Å². The van der Waals surface area contributed by atoms with Crippen LogP contribution in [0.15, 0.2) is 0 Å². The molecule has 0 aliphatic heterocycles. The minimum atomic E-state index is -0.178. The van der Waals surface area contributed by atoms with E-state index in [4.69, 9.17) is 10.5 Å². The summed E-state index contributed by atoms with van der Waals surface area (Å²) in [6.07, 6.45) is 0.182. The Labute approximate surface area is 105 Å². The molecule has 2 unspecified atom stereocenters. The first-order chi connectivity index (χ1) is 7.96. The molecule has 1 amide bonds. The molecule has 2 N–H and O–H groups in total. The minimum absolute atomic E-state index is 0.110. The first-order valence-corrected chi connectivity index (χ1v) is 6.13. The van der Waals surface area contributed by atoms with Crippen molar-refractivity contribution in [3.63, 3.8) is 0 Å². The van der Waals surface area contributed by atoms with Gasteiger partial charge in [-0.25, -0.2) is 0 Å². The molecule has 0 rings (SSSR count). The Kier molecular flexibility index (Phi) is 8.12. The first kappa shape index (κ1) is 16.4. The highest BCUT2D eigenvalue weighted by Crippen LogP contribution is 2.06. The summed E-state index contributed by atoms with van der Waals surface area (Å²) in [6.45, 7) is 6.01. The van der Waals surface area contributed by atoms with Crippen LogP contribution >= 0.6 is 0 Å². The molecule has 0 aromatic rings. The largest absolute Gasteiger partial charge is 0.380 e. The van der Waals surface area contributed by atoms with Crippen molar-refractivity contribution in [2.45, 2.75) is 32.4 Å². The standard InChI is InChI=1S/C12H27N3O2/c1-6-15(10(2)9-14(3)4)12(16)7-11(8-13)17-5/h10-11H,6-9,13H2,1-5H3. The maximum absolute atomic E-state index is 12.1. The maximum atomic E-state index is 12.1. The highest BCUT2D eigenvalue weighted by Gasteiger charge is 2.21. The van der Waals surface area contributed by atoms with Crippen LogP contribution in [0, 0.1) is 0 Å². The predicted octanol–water partition coefficient (Wildman–Crippen LogP) is 0.149. The summed E-state index contributed by atoms with van der Waals surface area (Å²) in [5.41, 5.74) is 5.53. The number of nitrogens with two attached hydrogens (primary N) is 1. The Morgan fingerprint density at radius 2 is 2.00 bits per heavy atom. The summed E-state index contributed by atoms with van der Waals surface area (Å²) >= 11 is 0. The zero-order valence-electron chi connectivity index (χ0n) is 11.8. The van der Waals surface area contributed by atoms with E-state index in [0.717, 1.165) is 13.1 Å². The van der Waals surface area contributed by atoms with Crippen molar-refractivity contribution in [3.8, 4) is 0 Å². The first-order valence-electron chi connectivity index (χ1n) is 6.13. The van der Waals surface area contributed by atoms with Gasteiger partial charge in [0.15, 0.2) is 0 Å². The van der Waals surface area contributed by atoms with Crippen molar-refractivity contribution in [2.75, 3.05) is 40.8 Å². The van der Waals surface area contributed by atoms with Crippen LogP contribution < -0.4 is 5.73 Å². The molecule has 0 fully saturated rings. The van der Waals surface area contributed by atoms with Crippen LogP contribution in [0.4, 0.5) is 0 Å². The Balaban J connectivity index is 4.38. The van der Waals surface area contributed by atoms with Gasteiger partial charge in [-0.15, -0.1) is 0 Å². The lowest BCUT2D eigenvalue weighted by Crippen LogP contribution is -2.45. The summed E-state index contributed by atoms with van der Waals surface area (Å²) in [5, 5.41) is 0.